The molecule has 2 heterocycles. The molecule has 0 spiro atoms. The second kappa shape index (κ2) is 5.41. The number of aromatic nitrogens is 3. The first-order chi connectivity index (χ1) is 12.2. The highest BCUT2D eigenvalue weighted by molar-refractivity contribution is 5.97. The summed E-state index contributed by atoms with van der Waals surface area (Å²) in [4.78, 5) is 24.9. The number of rotatable bonds is 3. The van der Waals surface area contributed by atoms with E-state index in [2.05, 4.69) is 20.3 Å². The van der Waals surface area contributed by atoms with Crippen LogP contribution in [0.4, 0.5) is 5.82 Å². The lowest BCUT2D eigenvalue weighted by molar-refractivity contribution is -0.122. The van der Waals surface area contributed by atoms with Crippen LogP contribution < -0.4 is 5.32 Å². The second-order valence-electron chi connectivity index (χ2n) is 7.29. The molecule has 1 aromatic carbocycles. The minimum atomic E-state index is -0.0999. The fourth-order valence-corrected chi connectivity index (χ4v) is 4.23. The van der Waals surface area contributed by atoms with Crippen LogP contribution >= 0.6 is 0 Å². The van der Waals surface area contributed by atoms with E-state index in [1.807, 2.05) is 36.4 Å². The topological polar surface area (TPSA) is 70.7 Å². The van der Waals surface area contributed by atoms with E-state index < -0.39 is 0 Å². The lowest BCUT2D eigenvalue weighted by Crippen LogP contribution is -2.28. The number of hydrogen-bond acceptors (Lipinski definition) is 3. The van der Waals surface area contributed by atoms with Crippen molar-refractivity contribution in [2.75, 3.05) is 5.32 Å². The molecule has 0 saturated heterocycles. The second-order valence-corrected chi connectivity index (χ2v) is 7.29. The van der Waals surface area contributed by atoms with Crippen molar-refractivity contribution in [3.05, 3.63) is 42.6 Å². The summed E-state index contributed by atoms with van der Waals surface area (Å²) >= 11 is 0. The Morgan fingerprint density at radius 3 is 2.92 bits per heavy atom. The van der Waals surface area contributed by atoms with Gasteiger partial charge in [-0.1, -0.05) is 25.0 Å². The molecule has 2 saturated carbocycles. The van der Waals surface area contributed by atoms with Gasteiger partial charge in [-0.3, -0.25) is 4.79 Å². The minimum Gasteiger partial charge on any atom is -0.338 e. The van der Waals surface area contributed by atoms with Gasteiger partial charge in [0.15, 0.2) is 0 Å². The Labute approximate surface area is 145 Å². The van der Waals surface area contributed by atoms with Crippen LogP contribution in [-0.2, 0) is 4.79 Å². The summed E-state index contributed by atoms with van der Waals surface area (Å²) in [6, 6.07) is 11.7. The molecule has 2 aliphatic rings. The molecule has 25 heavy (non-hydrogen) atoms. The number of imidazole rings is 1. The van der Waals surface area contributed by atoms with Crippen molar-refractivity contribution in [3.8, 4) is 11.4 Å². The van der Waals surface area contributed by atoms with Crippen molar-refractivity contribution in [2.45, 2.75) is 32.1 Å². The molecular formula is C20H20N4O. The minimum absolute atomic E-state index is 0.0999. The number of benzene rings is 1. The third kappa shape index (κ3) is 2.42. The van der Waals surface area contributed by atoms with Crippen LogP contribution in [-0.4, -0.2) is 20.9 Å². The number of H-pyrrole nitrogens is 1. The standard InChI is InChI=1S/C20H20N4O/c25-19(20-10-4-3-5-14(20)11-20)24-17-9-8-13(12-21-17)18-22-15-6-1-2-7-16(15)23-18/h1-2,6-9,12,14H,3-5,10-11H2,(H,22,23)(H,21,24,25). The van der Waals surface area contributed by atoms with E-state index in [9.17, 15) is 4.79 Å². The van der Waals surface area contributed by atoms with Crippen molar-refractivity contribution in [3.63, 3.8) is 0 Å². The molecule has 5 nitrogen and oxygen atoms in total. The normalized spacial score (nSPS) is 24.7. The summed E-state index contributed by atoms with van der Waals surface area (Å²) < 4.78 is 0. The van der Waals surface area contributed by atoms with Crippen LogP contribution in [0.2, 0.25) is 0 Å². The Kier molecular flexibility index (Phi) is 3.17. The fraction of sp³-hybridized carbons (Fsp3) is 0.350. The number of amides is 1. The van der Waals surface area contributed by atoms with Crippen LogP contribution in [0.1, 0.15) is 32.1 Å². The monoisotopic (exact) mass is 332 g/mol. The zero-order valence-corrected chi connectivity index (χ0v) is 14.0. The molecule has 5 rings (SSSR count). The SMILES string of the molecule is O=C(Nc1ccc(-c2nc3ccccc3[nH]2)cn1)C12CCCCC1C2. The van der Waals surface area contributed by atoms with Crippen molar-refractivity contribution in [1.29, 1.82) is 0 Å². The first-order valence-electron chi connectivity index (χ1n) is 8.97. The number of carbonyl (C=O) groups is 1. The summed E-state index contributed by atoms with van der Waals surface area (Å²) in [5.74, 6) is 2.16. The van der Waals surface area contributed by atoms with E-state index in [1.54, 1.807) is 6.20 Å². The number of anilines is 1. The van der Waals surface area contributed by atoms with Crippen molar-refractivity contribution in [2.24, 2.45) is 11.3 Å². The third-order valence-corrected chi connectivity index (χ3v) is 5.78. The van der Waals surface area contributed by atoms with Crippen LogP contribution in [0, 0.1) is 11.3 Å². The maximum absolute atomic E-state index is 12.6. The predicted molar refractivity (Wildman–Crippen MR) is 97.0 cm³/mol. The Bertz CT molecular complexity index is 913. The molecule has 2 atom stereocenters. The van der Waals surface area contributed by atoms with E-state index in [0.29, 0.717) is 11.7 Å². The molecule has 1 amide bonds. The number of aromatic amines is 1. The van der Waals surface area contributed by atoms with Crippen LogP contribution in [0.15, 0.2) is 42.6 Å². The average molecular weight is 332 g/mol. The van der Waals surface area contributed by atoms with E-state index in [4.69, 9.17) is 0 Å². The fourth-order valence-electron chi connectivity index (χ4n) is 4.23. The Balaban J connectivity index is 1.34. The van der Waals surface area contributed by atoms with E-state index in [-0.39, 0.29) is 11.3 Å². The van der Waals surface area contributed by atoms with Gasteiger partial charge in [0, 0.05) is 11.8 Å². The molecule has 0 radical (unpaired) electrons. The Morgan fingerprint density at radius 1 is 1.20 bits per heavy atom. The summed E-state index contributed by atoms with van der Waals surface area (Å²) in [5.41, 5.74) is 2.75. The van der Waals surface area contributed by atoms with Gasteiger partial charge < -0.3 is 10.3 Å². The lowest BCUT2D eigenvalue weighted by Gasteiger charge is -2.20. The van der Waals surface area contributed by atoms with Crippen molar-refractivity contribution >= 4 is 22.8 Å². The quantitative estimate of drug-likeness (QED) is 0.757. The molecule has 5 heteroatoms. The largest absolute Gasteiger partial charge is 0.338 e. The predicted octanol–water partition coefficient (Wildman–Crippen LogP) is 4.14. The first-order valence-corrected chi connectivity index (χ1v) is 8.97. The van der Waals surface area contributed by atoms with Gasteiger partial charge >= 0.3 is 0 Å². The molecule has 2 unspecified atom stereocenters. The van der Waals surface area contributed by atoms with Gasteiger partial charge in [0.2, 0.25) is 5.91 Å². The average Bonchev–Trinajstić information content (AvgIpc) is 3.26. The molecular weight excluding hydrogens is 312 g/mol. The van der Waals surface area contributed by atoms with Crippen LogP contribution in [0.25, 0.3) is 22.4 Å². The smallest absolute Gasteiger partial charge is 0.232 e. The molecule has 0 aliphatic heterocycles. The molecule has 2 aromatic heterocycles. The van der Waals surface area contributed by atoms with E-state index in [1.165, 1.54) is 19.3 Å². The third-order valence-electron chi connectivity index (χ3n) is 5.78. The van der Waals surface area contributed by atoms with Gasteiger partial charge in [-0.05, 0) is 49.4 Å². The molecule has 2 N–H and O–H groups in total. The summed E-state index contributed by atoms with van der Waals surface area (Å²) in [6.07, 6.45) is 7.48. The van der Waals surface area contributed by atoms with E-state index >= 15 is 0 Å². The highest BCUT2D eigenvalue weighted by Crippen LogP contribution is 2.61. The van der Waals surface area contributed by atoms with Crippen LogP contribution in [0.5, 0.6) is 0 Å². The van der Waals surface area contributed by atoms with Gasteiger partial charge in [0.25, 0.3) is 0 Å². The summed E-state index contributed by atoms with van der Waals surface area (Å²) in [6.45, 7) is 0. The maximum atomic E-state index is 12.6. The van der Waals surface area contributed by atoms with Crippen LogP contribution in [0.3, 0.4) is 0 Å². The molecule has 2 fully saturated rings. The van der Waals surface area contributed by atoms with Gasteiger partial charge in [0.05, 0.1) is 16.4 Å². The number of fused-ring (bicyclic) bond motifs is 2. The highest BCUT2D eigenvalue weighted by Gasteiger charge is 2.60. The van der Waals surface area contributed by atoms with Crippen molar-refractivity contribution < 1.29 is 4.79 Å². The Morgan fingerprint density at radius 2 is 2.12 bits per heavy atom. The molecule has 0 bridgehead atoms. The zero-order valence-electron chi connectivity index (χ0n) is 14.0. The van der Waals surface area contributed by atoms with Gasteiger partial charge in [0.1, 0.15) is 11.6 Å². The molecule has 2 aliphatic carbocycles. The summed E-state index contributed by atoms with van der Waals surface area (Å²) in [7, 11) is 0. The Hall–Kier alpha value is -2.69. The number of carbonyl (C=O) groups excluding carboxylic acids is 1. The number of hydrogen-bond donors (Lipinski definition) is 2. The highest BCUT2D eigenvalue weighted by atomic mass is 16.2. The lowest BCUT2D eigenvalue weighted by atomic mass is 9.88. The van der Waals surface area contributed by atoms with Gasteiger partial charge in [-0.15, -0.1) is 0 Å². The van der Waals surface area contributed by atoms with Crippen molar-refractivity contribution in [1.82, 2.24) is 15.0 Å². The first kappa shape index (κ1) is 14.6. The maximum Gasteiger partial charge on any atom is 0.232 e. The zero-order chi connectivity index (χ0) is 16.9. The molecule has 3 aromatic rings. The number of para-hydroxylation sites is 2. The van der Waals surface area contributed by atoms with Gasteiger partial charge in [-0.25, -0.2) is 9.97 Å². The molecule has 126 valence electrons. The van der Waals surface area contributed by atoms with E-state index in [0.717, 1.165) is 35.3 Å². The summed E-state index contributed by atoms with van der Waals surface area (Å²) in [5, 5.41) is 3.02. The number of nitrogens with one attached hydrogen (secondary N) is 2. The van der Waals surface area contributed by atoms with Gasteiger partial charge in [-0.2, -0.15) is 0 Å². The number of pyridine rings is 1. The number of nitrogens with zero attached hydrogens (tertiary/aromatic N) is 2.